The number of benzene rings is 2. The monoisotopic (exact) mass is 464 g/mol. The van der Waals surface area contributed by atoms with Gasteiger partial charge < -0.3 is 30.4 Å². The molecule has 34 heavy (non-hydrogen) atoms. The van der Waals surface area contributed by atoms with Gasteiger partial charge in [-0.15, -0.1) is 0 Å². The number of hydrogen-bond donors (Lipinski definition) is 2. The minimum atomic E-state index is -0.145. The minimum absolute atomic E-state index is 0.113. The zero-order valence-electron chi connectivity index (χ0n) is 19.8. The first kappa shape index (κ1) is 22.4. The van der Waals surface area contributed by atoms with Crippen LogP contribution in [0.5, 0.6) is 23.0 Å². The Morgan fingerprint density at radius 3 is 2.29 bits per heavy atom. The van der Waals surface area contributed by atoms with Crippen molar-refractivity contribution in [2.45, 2.75) is 70.5 Å². The topological polar surface area (TPSA) is 114 Å². The lowest BCUT2D eigenvalue weighted by atomic mass is 9.84. The molecule has 1 saturated carbocycles. The van der Waals surface area contributed by atoms with Gasteiger partial charge in [-0.25, -0.2) is 9.98 Å². The Bertz CT molecular complexity index is 1120. The zero-order chi connectivity index (χ0) is 23.7. The molecule has 0 radical (unpaired) electrons. The van der Waals surface area contributed by atoms with Crippen LogP contribution in [0.2, 0.25) is 0 Å². The Hall–Kier alpha value is -3.42. The van der Waals surface area contributed by atoms with E-state index in [0.717, 1.165) is 17.9 Å². The highest BCUT2D eigenvalue weighted by molar-refractivity contribution is 5.91. The van der Waals surface area contributed by atoms with E-state index in [4.69, 9.17) is 30.4 Å². The van der Waals surface area contributed by atoms with E-state index in [1.807, 2.05) is 19.9 Å². The average Bonchev–Trinajstić information content (AvgIpc) is 3.31. The second kappa shape index (κ2) is 9.44. The third-order valence-electron chi connectivity index (χ3n) is 6.70. The van der Waals surface area contributed by atoms with Crippen molar-refractivity contribution in [3.63, 3.8) is 0 Å². The third kappa shape index (κ3) is 4.49. The number of nitrogens with two attached hydrogens (primary N) is 2. The summed E-state index contributed by atoms with van der Waals surface area (Å²) < 4.78 is 22.0. The van der Waals surface area contributed by atoms with Crippen LogP contribution in [0, 0.1) is 0 Å². The molecule has 4 N–H and O–H groups in total. The Labute approximate surface area is 200 Å². The predicted octanol–water partition coefficient (Wildman–Crippen LogP) is 5.08. The fourth-order valence-corrected chi connectivity index (χ4v) is 4.70. The molecule has 6 rings (SSSR count). The number of amidine groups is 2. The van der Waals surface area contributed by atoms with E-state index in [9.17, 15) is 0 Å². The van der Waals surface area contributed by atoms with Crippen LogP contribution in [0.25, 0.3) is 0 Å². The zero-order valence-corrected chi connectivity index (χ0v) is 19.8. The van der Waals surface area contributed by atoms with Gasteiger partial charge in [0.2, 0.25) is 6.79 Å². The van der Waals surface area contributed by atoms with Gasteiger partial charge >= 0.3 is 0 Å². The van der Waals surface area contributed by atoms with Crippen molar-refractivity contribution in [3.8, 4) is 23.0 Å². The normalized spacial score (nSPS) is 22.6. The maximum atomic E-state index is 5.85. The molecule has 3 aliphatic heterocycles. The molecule has 0 amide bonds. The summed E-state index contributed by atoms with van der Waals surface area (Å²) in [6.45, 7) is 4.18. The maximum Gasteiger partial charge on any atom is 0.231 e. The number of ether oxygens (including phenoxy) is 4. The van der Waals surface area contributed by atoms with Gasteiger partial charge in [-0.1, -0.05) is 32.3 Å². The molecule has 1 fully saturated rings. The van der Waals surface area contributed by atoms with E-state index in [2.05, 4.69) is 22.1 Å². The van der Waals surface area contributed by atoms with Gasteiger partial charge in [0.25, 0.3) is 0 Å². The quantitative estimate of drug-likeness (QED) is 0.641. The standard InChI is InChI=1S/C15H20N2O.C11H12N2O3/c1-10-15(16)17-13-9-12(7-8-14(13)18-10)11-5-3-2-4-6-11;1-2-7-11(12)13-6-3-9-10(15-5-14-9)4-8(6)16-7/h7-11H,2-6H2,1H3,(H2,16,17);3-4,7H,2,5H2,1H3,(H2,12,13). The Balaban J connectivity index is 0.000000142. The number of nitrogens with zero attached hydrogens (tertiary/aromatic N) is 2. The van der Waals surface area contributed by atoms with Crippen LogP contribution in [-0.2, 0) is 0 Å². The molecule has 2 atom stereocenters. The lowest BCUT2D eigenvalue weighted by Gasteiger charge is -2.25. The molecule has 2 aromatic rings. The van der Waals surface area contributed by atoms with Crippen LogP contribution >= 0.6 is 0 Å². The summed E-state index contributed by atoms with van der Waals surface area (Å²) in [7, 11) is 0. The van der Waals surface area contributed by atoms with Crippen LogP contribution in [0.3, 0.4) is 0 Å². The van der Waals surface area contributed by atoms with Crippen molar-refractivity contribution in [1.29, 1.82) is 0 Å². The molecular weight excluding hydrogens is 432 g/mol. The van der Waals surface area contributed by atoms with E-state index in [1.165, 1.54) is 37.7 Å². The SMILES string of the molecule is CC1Oc2ccc(C3CCCCC3)cc2N=C1N.CCC1Oc2cc3c(cc2N=C1N)OCO3. The molecule has 0 spiro atoms. The van der Waals surface area contributed by atoms with Gasteiger partial charge in [0.15, 0.2) is 23.7 Å². The molecule has 0 bridgehead atoms. The number of hydrogen-bond acceptors (Lipinski definition) is 8. The molecule has 3 heterocycles. The van der Waals surface area contributed by atoms with Gasteiger partial charge in [0.05, 0.1) is 0 Å². The van der Waals surface area contributed by atoms with E-state index >= 15 is 0 Å². The van der Waals surface area contributed by atoms with Crippen molar-refractivity contribution in [3.05, 3.63) is 35.9 Å². The molecule has 2 unspecified atom stereocenters. The number of rotatable bonds is 2. The van der Waals surface area contributed by atoms with Crippen molar-refractivity contribution in [2.75, 3.05) is 6.79 Å². The summed E-state index contributed by atoms with van der Waals surface area (Å²) in [6, 6.07) is 9.99. The largest absolute Gasteiger partial charge is 0.481 e. The molecule has 8 heteroatoms. The van der Waals surface area contributed by atoms with Crippen molar-refractivity contribution in [2.24, 2.45) is 21.5 Å². The Morgan fingerprint density at radius 1 is 0.824 bits per heavy atom. The smallest absolute Gasteiger partial charge is 0.231 e. The third-order valence-corrected chi connectivity index (χ3v) is 6.70. The first-order valence-electron chi connectivity index (χ1n) is 12.1. The van der Waals surface area contributed by atoms with Gasteiger partial charge in [0, 0.05) is 12.1 Å². The van der Waals surface area contributed by atoms with Crippen LogP contribution in [0.1, 0.15) is 63.9 Å². The van der Waals surface area contributed by atoms with E-state index < -0.39 is 0 Å². The van der Waals surface area contributed by atoms with E-state index in [0.29, 0.717) is 40.5 Å². The van der Waals surface area contributed by atoms with Crippen LogP contribution in [0.15, 0.2) is 40.3 Å². The second-order valence-electron chi connectivity index (χ2n) is 9.08. The average molecular weight is 465 g/mol. The maximum absolute atomic E-state index is 5.85. The predicted molar refractivity (Wildman–Crippen MR) is 132 cm³/mol. The molecule has 2 aromatic carbocycles. The van der Waals surface area contributed by atoms with Crippen LogP contribution in [0.4, 0.5) is 11.4 Å². The lowest BCUT2D eigenvalue weighted by Crippen LogP contribution is -2.35. The molecule has 1 aliphatic carbocycles. The summed E-state index contributed by atoms with van der Waals surface area (Å²) in [5.41, 5.74) is 14.6. The van der Waals surface area contributed by atoms with Crippen molar-refractivity contribution < 1.29 is 18.9 Å². The van der Waals surface area contributed by atoms with Crippen molar-refractivity contribution >= 4 is 23.0 Å². The first-order valence-corrected chi connectivity index (χ1v) is 12.1. The van der Waals surface area contributed by atoms with Gasteiger partial charge in [-0.05, 0) is 49.8 Å². The molecule has 8 nitrogen and oxygen atoms in total. The van der Waals surface area contributed by atoms with Crippen LogP contribution in [-0.4, -0.2) is 30.7 Å². The van der Waals surface area contributed by atoms with E-state index in [-0.39, 0.29) is 19.0 Å². The highest BCUT2D eigenvalue weighted by atomic mass is 16.7. The molecule has 0 saturated heterocycles. The number of aliphatic imine (C=N–C) groups is 2. The van der Waals surface area contributed by atoms with Crippen molar-refractivity contribution in [1.82, 2.24) is 0 Å². The summed E-state index contributed by atoms with van der Waals surface area (Å²) in [5.74, 6) is 4.72. The van der Waals surface area contributed by atoms with Gasteiger partial charge in [-0.2, -0.15) is 0 Å². The number of fused-ring (bicyclic) bond motifs is 3. The lowest BCUT2D eigenvalue weighted by molar-refractivity contribution is 0.173. The van der Waals surface area contributed by atoms with Gasteiger partial charge in [0.1, 0.15) is 34.5 Å². The molecule has 180 valence electrons. The highest BCUT2D eigenvalue weighted by Crippen LogP contribution is 2.44. The van der Waals surface area contributed by atoms with Crippen LogP contribution < -0.4 is 30.4 Å². The second-order valence-corrected chi connectivity index (χ2v) is 9.08. The van der Waals surface area contributed by atoms with Gasteiger partial charge in [-0.3, -0.25) is 0 Å². The summed E-state index contributed by atoms with van der Waals surface area (Å²) in [6.07, 6.45) is 7.22. The first-order chi connectivity index (χ1) is 16.5. The molecular formula is C26H32N4O4. The highest BCUT2D eigenvalue weighted by Gasteiger charge is 2.25. The summed E-state index contributed by atoms with van der Waals surface area (Å²) >= 11 is 0. The summed E-state index contributed by atoms with van der Waals surface area (Å²) in [4.78, 5) is 8.76. The summed E-state index contributed by atoms with van der Waals surface area (Å²) in [5, 5.41) is 0. The minimum Gasteiger partial charge on any atom is -0.481 e. The fourth-order valence-electron chi connectivity index (χ4n) is 4.70. The molecule has 4 aliphatic rings. The van der Waals surface area contributed by atoms with E-state index in [1.54, 1.807) is 12.1 Å². The Kier molecular flexibility index (Phi) is 6.22. The fraction of sp³-hybridized carbons (Fsp3) is 0.462. The molecule has 0 aromatic heterocycles. The Morgan fingerprint density at radius 2 is 1.53 bits per heavy atom.